The fourth-order valence-corrected chi connectivity index (χ4v) is 2.84. The van der Waals surface area contributed by atoms with Crippen molar-refractivity contribution in [1.82, 2.24) is 10.2 Å². The molecule has 0 bridgehead atoms. The van der Waals surface area contributed by atoms with Gasteiger partial charge in [0.25, 0.3) is 0 Å². The molecule has 1 N–H and O–H groups in total. The molecule has 1 aromatic rings. The van der Waals surface area contributed by atoms with E-state index in [1.54, 1.807) is 0 Å². The number of ether oxygens (including phenoxy) is 1. The first kappa shape index (κ1) is 14.9. The highest BCUT2D eigenvalue weighted by atomic mass is 16.5. The van der Waals surface area contributed by atoms with Crippen LogP contribution < -0.4 is 10.2 Å². The van der Waals surface area contributed by atoms with E-state index in [4.69, 9.17) is 4.74 Å². The third-order valence-electron chi connectivity index (χ3n) is 4.07. The number of carbonyl (C=O) groups excluding carboxylic acids is 1. The average molecular weight is 301 g/mol. The third-order valence-corrected chi connectivity index (χ3v) is 4.07. The Hall–Kier alpha value is -2.01. The number of nitrogens with zero attached hydrogens (tertiary/aromatic N) is 2. The minimum absolute atomic E-state index is 0.0107. The van der Waals surface area contributed by atoms with Gasteiger partial charge in [-0.1, -0.05) is 24.3 Å². The zero-order chi connectivity index (χ0) is 15.4. The maximum Gasteiger partial charge on any atom is 0.317 e. The van der Waals surface area contributed by atoms with E-state index in [-0.39, 0.29) is 12.1 Å². The average Bonchev–Trinajstić information content (AvgIpc) is 3.07. The highest BCUT2D eigenvalue weighted by Gasteiger charge is 2.20. The maximum absolute atomic E-state index is 12.2. The number of amides is 2. The van der Waals surface area contributed by atoms with Gasteiger partial charge in [-0.05, 0) is 24.6 Å². The van der Waals surface area contributed by atoms with Crippen LogP contribution in [0.2, 0.25) is 0 Å². The van der Waals surface area contributed by atoms with Gasteiger partial charge in [-0.15, -0.1) is 0 Å². The molecule has 1 aromatic carbocycles. The summed E-state index contributed by atoms with van der Waals surface area (Å²) in [5, 5.41) is 3.00. The molecule has 1 fully saturated rings. The van der Waals surface area contributed by atoms with Crippen molar-refractivity contribution in [3.63, 3.8) is 0 Å². The number of carbonyl (C=O) groups is 1. The molecule has 3 rings (SSSR count). The van der Waals surface area contributed by atoms with Gasteiger partial charge in [0, 0.05) is 38.4 Å². The molecule has 1 unspecified atom stereocenters. The molecule has 5 nitrogen and oxygen atoms in total. The van der Waals surface area contributed by atoms with Crippen molar-refractivity contribution in [2.75, 3.05) is 37.7 Å². The Balaban J connectivity index is 1.54. The Bertz CT molecular complexity index is 551. The van der Waals surface area contributed by atoms with E-state index in [0.717, 1.165) is 18.7 Å². The highest BCUT2D eigenvalue weighted by Crippen LogP contribution is 2.18. The van der Waals surface area contributed by atoms with Gasteiger partial charge in [0.05, 0.1) is 12.7 Å². The van der Waals surface area contributed by atoms with E-state index in [1.165, 1.54) is 5.69 Å². The zero-order valence-corrected chi connectivity index (χ0v) is 13.0. The van der Waals surface area contributed by atoms with Gasteiger partial charge >= 0.3 is 6.03 Å². The molecule has 2 aliphatic heterocycles. The summed E-state index contributed by atoms with van der Waals surface area (Å²) in [7, 11) is 0. The second-order valence-electron chi connectivity index (χ2n) is 5.83. The number of hydrogen-bond donors (Lipinski definition) is 1. The Labute approximate surface area is 131 Å². The van der Waals surface area contributed by atoms with Crippen molar-refractivity contribution in [2.24, 2.45) is 0 Å². The molecule has 2 heterocycles. The van der Waals surface area contributed by atoms with Gasteiger partial charge in [0.15, 0.2) is 0 Å². The van der Waals surface area contributed by atoms with Gasteiger partial charge in [-0.2, -0.15) is 0 Å². The maximum atomic E-state index is 12.2. The van der Waals surface area contributed by atoms with Crippen molar-refractivity contribution in [3.8, 4) is 0 Å². The molecule has 0 saturated carbocycles. The summed E-state index contributed by atoms with van der Waals surface area (Å²) in [5.74, 6) is 0. The number of urea groups is 1. The number of benzene rings is 1. The second-order valence-corrected chi connectivity index (χ2v) is 5.83. The van der Waals surface area contributed by atoms with E-state index in [2.05, 4.69) is 40.6 Å². The van der Waals surface area contributed by atoms with Crippen LogP contribution in [0.25, 0.3) is 0 Å². The van der Waals surface area contributed by atoms with Crippen LogP contribution in [0.3, 0.4) is 0 Å². The van der Waals surface area contributed by atoms with Crippen LogP contribution in [-0.4, -0.2) is 49.8 Å². The predicted octanol–water partition coefficient (Wildman–Crippen LogP) is 1.99. The van der Waals surface area contributed by atoms with Crippen molar-refractivity contribution in [3.05, 3.63) is 42.0 Å². The monoisotopic (exact) mass is 301 g/mol. The summed E-state index contributed by atoms with van der Waals surface area (Å²) >= 11 is 0. The number of rotatable bonds is 3. The van der Waals surface area contributed by atoms with Gasteiger partial charge in [0.2, 0.25) is 0 Å². The Morgan fingerprint density at radius 3 is 2.95 bits per heavy atom. The smallest absolute Gasteiger partial charge is 0.317 e. The first-order valence-electron chi connectivity index (χ1n) is 7.85. The molecule has 0 radical (unpaired) electrons. The topological polar surface area (TPSA) is 44.8 Å². The van der Waals surface area contributed by atoms with Crippen LogP contribution in [-0.2, 0) is 11.3 Å². The van der Waals surface area contributed by atoms with Crippen molar-refractivity contribution < 1.29 is 9.53 Å². The van der Waals surface area contributed by atoms with Crippen LogP contribution >= 0.6 is 0 Å². The van der Waals surface area contributed by atoms with E-state index in [1.807, 2.05) is 17.9 Å². The Kier molecular flexibility index (Phi) is 4.63. The molecule has 5 heteroatoms. The van der Waals surface area contributed by atoms with Crippen LogP contribution in [0.1, 0.15) is 12.5 Å². The SMILES string of the molecule is CC1CN(C(=O)NCc2cccc(N3CC=CC3)c2)CCO1. The molecule has 1 saturated heterocycles. The van der Waals surface area contributed by atoms with Crippen LogP contribution in [0.15, 0.2) is 36.4 Å². The molecule has 0 aromatic heterocycles. The fraction of sp³-hybridized carbons (Fsp3) is 0.471. The molecular weight excluding hydrogens is 278 g/mol. The number of morpholine rings is 1. The zero-order valence-electron chi connectivity index (χ0n) is 13.0. The van der Waals surface area contributed by atoms with E-state index in [0.29, 0.717) is 26.2 Å². The summed E-state index contributed by atoms with van der Waals surface area (Å²) < 4.78 is 5.46. The van der Waals surface area contributed by atoms with Crippen molar-refractivity contribution >= 4 is 11.7 Å². The largest absolute Gasteiger partial charge is 0.375 e. The van der Waals surface area contributed by atoms with Gasteiger partial charge in [0.1, 0.15) is 0 Å². The summed E-state index contributed by atoms with van der Waals surface area (Å²) in [6, 6.07) is 8.35. The third kappa shape index (κ3) is 3.60. The number of anilines is 1. The first-order chi connectivity index (χ1) is 10.7. The lowest BCUT2D eigenvalue weighted by Gasteiger charge is -2.31. The van der Waals surface area contributed by atoms with Crippen LogP contribution in [0, 0.1) is 0 Å². The lowest BCUT2D eigenvalue weighted by Crippen LogP contribution is -2.48. The normalized spacial score (nSPS) is 21.2. The summed E-state index contributed by atoms with van der Waals surface area (Å²) in [6.45, 7) is 6.41. The Morgan fingerprint density at radius 1 is 1.36 bits per heavy atom. The molecular formula is C17H23N3O2. The molecule has 0 spiro atoms. The second kappa shape index (κ2) is 6.83. The quantitative estimate of drug-likeness (QED) is 0.869. The molecule has 2 aliphatic rings. The molecule has 22 heavy (non-hydrogen) atoms. The summed E-state index contributed by atoms with van der Waals surface area (Å²) in [6.07, 6.45) is 4.47. The van der Waals surface area contributed by atoms with Crippen LogP contribution in [0.5, 0.6) is 0 Å². The van der Waals surface area contributed by atoms with Crippen molar-refractivity contribution in [1.29, 1.82) is 0 Å². The number of hydrogen-bond acceptors (Lipinski definition) is 3. The molecule has 118 valence electrons. The standard InChI is InChI=1S/C17H23N3O2/c1-14-13-20(9-10-22-14)17(21)18-12-15-5-4-6-16(11-15)19-7-2-3-8-19/h2-6,11,14H,7-10,12-13H2,1H3,(H,18,21). The van der Waals surface area contributed by atoms with Gasteiger partial charge < -0.3 is 19.9 Å². The van der Waals surface area contributed by atoms with E-state index >= 15 is 0 Å². The molecule has 2 amide bonds. The lowest BCUT2D eigenvalue weighted by molar-refractivity contribution is -0.00351. The van der Waals surface area contributed by atoms with E-state index in [9.17, 15) is 4.79 Å². The number of nitrogens with one attached hydrogen (secondary N) is 1. The van der Waals surface area contributed by atoms with Crippen molar-refractivity contribution in [2.45, 2.75) is 19.6 Å². The first-order valence-corrected chi connectivity index (χ1v) is 7.85. The fourth-order valence-electron chi connectivity index (χ4n) is 2.84. The van der Waals surface area contributed by atoms with Crippen LogP contribution in [0.4, 0.5) is 10.5 Å². The molecule has 1 atom stereocenters. The summed E-state index contributed by atoms with van der Waals surface area (Å²) in [5.41, 5.74) is 2.33. The van der Waals surface area contributed by atoms with Gasteiger partial charge in [-0.25, -0.2) is 4.79 Å². The highest BCUT2D eigenvalue weighted by molar-refractivity contribution is 5.74. The minimum Gasteiger partial charge on any atom is -0.375 e. The minimum atomic E-state index is -0.0107. The predicted molar refractivity (Wildman–Crippen MR) is 87.0 cm³/mol. The Morgan fingerprint density at radius 2 is 2.18 bits per heavy atom. The van der Waals surface area contributed by atoms with E-state index < -0.39 is 0 Å². The van der Waals surface area contributed by atoms with Gasteiger partial charge in [-0.3, -0.25) is 0 Å². The molecule has 0 aliphatic carbocycles. The lowest BCUT2D eigenvalue weighted by atomic mass is 10.2. The summed E-state index contributed by atoms with van der Waals surface area (Å²) in [4.78, 5) is 16.3.